The van der Waals surface area contributed by atoms with E-state index in [9.17, 15) is 0 Å². The molecule has 2 fully saturated rings. The predicted molar refractivity (Wildman–Crippen MR) is 55.9 cm³/mol. The van der Waals surface area contributed by atoms with Crippen molar-refractivity contribution in [3.63, 3.8) is 0 Å². The molecule has 0 saturated carbocycles. The summed E-state index contributed by atoms with van der Waals surface area (Å²) in [7, 11) is 0. The maximum atomic E-state index is 5.56. The summed E-state index contributed by atoms with van der Waals surface area (Å²) in [6.45, 7) is 0.962. The molecule has 0 radical (unpaired) electrons. The third-order valence-corrected chi connectivity index (χ3v) is 4.14. The normalized spacial score (nSPS) is 31.4. The van der Waals surface area contributed by atoms with E-state index in [1.807, 2.05) is 0 Å². The number of aromatic nitrogens is 2. The van der Waals surface area contributed by atoms with Gasteiger partial charge in [0.1, 0.15) is 5.01 Å². The molecule has 2 saturated heterocycles. The van der Waals surface area contributed by atoms with E-state index in [1.165, 1.54) is 37.0 Å². The Bertz CT molecular complexity index is 317. The highest BCUT2D eigenvalue weighted by Gasteiger charge is 2.39. The second kappa shape index (κ2) is 3.17. The highest BCUT2D eigenvalue weighted by Crippen LogP contribution is 2.38. The summed E-state index contributed by atoms with van der Waals surface area (Å²) in [4.78, 5) is 2.58. The second-order valence-electron chi connectivity index (χ2n) is 4.17. The van der Waals surface area contributed by atoms with Crippen LogP contribution in [0, 0.1) is 0 Å². The van der Waals surface area contributed by atoms with Gasteiger partial charge in [0, 0.05) is 12.1 Å². The Balaban J connectivity index is 1.73. The Morgan fingerprint density at radius 2 is 1.86 bits per heavy atom. The molecule has 4 nitrogen and oxygen atoms in total. The van der Waals surface area contributed by atoms with Crippen molar-refractivity contribution in [3.05, 3.63) is 5.01 Å². The van der Waals surface area contributed by atoms with E-state index < -0.39 is 0 Å². The van der Waals surface area contributed by atoms with Crippen molar-refractivity contribution in [1.29, 1.82) is 0 Å². The number of hydrogen-bond acceptors (Lipinski definition) is 5. The molecule has 3 heterocycles. The molecule has 1 aromatic rings. The third-order valence-electron chi connectivity index (χ3n) is 3.40. The highest BCUT2D eigenvalue weighted by molar-refractivity contribution is 7.15. The number of fused-ring (bicyclic) bond motifs is 2. The predicted octanol–water partition coefficient (Wildman–Crippen LogP) is 1.25. The Hall–Kier alpha value is -0.680. The molecule has 0 aromatic carbocycles. The van der Waals surface area contributed by atoms with Crippen molar-refractivity contribution >= 4 is 16.5 Å². The highest BCUT2D eigenvalue weighted by atomic mass is 32.1. The summed E-state index contributed by atoms with van der Waals surface area (Å²) in [5.41, 5.74) is 5.56. The lowest BCUT2D eigenvalue weighted by molar-refractivity contribution is 0.243. The molecular formula is C9H14N4S. The van der Waals surface area contributed by atoms with Crippen molar-refractivity contribution in [3.8, 4) is 0 Å². The average Bonchev–Trinajstić information content (AvgIpc) is 2.85. The topological polar surface area (TPSA) is 55.0 Å². The van der Waals surface area contributed by atoms with E-state index in [1.54, 1.807) is 0 Å². The quantitative estimate of drug-likeness (QED) is 0.798. The van der Waals surface area contributed by atoms with E-state index in [0.717, 1.165) is 23.6 Å². The second-order valence-corrected chi connectivity index (χ2v) is 5.26. The van der Waals surface area contributed by atoms with Gasteiger partial charge in [-0.05, 0) is 25.7 Å². The van der Waals surface area contributed by atoms with Gasteiger partial charge in [0.15, 0.2) is 0 Å². The SMILES string of the molecule is Nc1nnc(CN2C3CCC2CC3)s1. The number of nitrogen functional groups attached to an aromatic ring is 1. The summed E-state index contributed by atoms with van der Waals surface area (Å²) in [5.74, 6) is 0. The molecule has 2 aliphatic heterocycles. The van der Waals surface area contributed by atoms with Gasteiger partial charge in [-0.1, -0.05) is 11.3 Å². The summed E-state index contributed by atoms with van der Waals surface area (Å²) in [6, 6.07) is 1.62. The van der Waals surface area contributed by atoms with E-state index in [4.69, 9.17) is 5.73 Å². The van der Waals surface area contributed by atoms with Gasteiger partial charge in [0.25, 0.3) is 0 Å². The number of rotatable bonds is 2. The van der Waals surface area contributed by atoms with Gasteiger partial charge >= 0.3 is 0 Å². The first-order chi connectivity index (χ1) is 6.83. The smallest absolute Gasteiger partial charge is 0.203 e. The van der Waals surface area contributed by atoms with Crippen molar-refractivity contribution < 1.29 is 0 Å². The van der Waals surface area contributed by atoms with Crippen molar-refractivity contribution in [2.75, 3.05) is 5.73 Å². The molecule has 0 unspecified atom stereocenters. The number of nitrogens with zero attached hydrogens (tertiary/aromatic N) is 3. The zero-order chi connectivity index (χ0) is 9.54. The zero-order valence-corrected chi connectivity index (χ0v) is 8.83. The lowest BCUT2D eigenvalue weighted by Crippen LogP contribution is -2.27. The fraction of sp³-hybridized carbons (Fsp3) is 0.778. The van der Waals surface area contributed by atoms with Gasteiger partial charge in [-0.3, -0.25) is 4.90 Å². The Morgan fingerprint density at radius 3 is 2.36 bits per heavy atom. The molecule has 0 amide bonds. The molecule has 76 valence electrons. The fourth-order valence-electron chi connectivity index (χ4n) is 2.76. The van der Waals surface area contributed by atoms with E-state index in [0.29, 0.717) is 5.13 Å². The lowest BCUT2D eigenvalue weighted by atomic mass is 10.0. The van der Waals surface area contributed by atoms with Crippen LogP contribution in [0.15, 0.2) is 0 Å². The van der Waals surface area contributed by atoms with Crippen LogP contribution in [-0.4, -0.2) is 27.2 Å². The minimum absolute atomic E-state index is 0.589. The molecule has 2 N–H and O–H groups in total. The summed E-state index contributed by atoms with van der Waals surface area (Å²) >= 11 is 1.52. The first kappa shape index (κ1) is 8.61. The Kier molecular flexibility index (Phi) is 1.95. The van der Waals surface area contributed by atoms with Gasteiger partial charge in [-0.15, -0.1) is 10.2 Å². The maximum Gasteiger partial charge on any atom is 0.203 e. The molecule has 5 heteroatoms. The molecular weight excluding hydrogens is 196 g/mol. The lowest BCUT2D eigenvalue weighted by Gasteiger charge is -2.19. The summed E-state index contributed by atoms with van der Waals surface area (Å²) in [6.07, 6.45) is 5.50. The first-order valence-corrected chi connectivity index (χ1v) is 5.98. The Morgan fingerprint density at radius 1 is 1.21 bits per heavy atom. The number of hydrogen-bond donors (Lipinski definition) is 1. The fourth-order valence-corrected chi connectivity index (χ4v) is 3.38. The monoisotopic (exact) mass is 210 g/mol. The number of nitrogens with two attached hydrogens (primary N) is 1. The van der Waals surface area contributed by atoms with Crippen LogP contribution in [0.3, 0.4) is 0 Å². The van der Waals surface area contributed by atoms with E-state index in [-0.39, 0.29) is 0 Å². The van der Waals surface area contributed by atoms with Crippen LogP contribution in [0.25, 0.3) is 0 Å². The van der Waals surface area contributed by atoms with E-state index >= 15 is 0 Å². The van der Waals surface area contributed by atoms with Crippen molar-refractivity contribution in [2.24, 2.45) is 0 Å². The zero-order valence-electron chi connectivity index (χ0n) is 8.02. The molecule has 0 spiro atoms. The minimum atomic E-state index is 0.589. The van der Waals surface area contributed by atoms with Gasteiger partial charge in [0.2, 0.25) is 5.13 Å². The van der Waals surface area contributed by atoms with Crippen LogP contribution in [0.2, 0.25) is 0 Å². The van der Waals surface area contributed by atoms with Crippen LogP contribution >= 0.6 is 11.3 Å². The van der Waals surface area contributed by atoms with Crippen LogP contribution < -0.4 is 5.73 Å². The van der Waals surface area contributed by atoms with Gasteiger partial charge in [0.05, 0.1) is 6.54 Å². The van der Waals surface area contributed by atoms with Crippen LogP contribution in [0.1, 0.15) is 30.7 Å². The van der Waals surface area contributed by atoms with Crippen LogP contribution in [0.5, 0.6) is 0 Å². The third kappa shape index (κ3) is 1.31. The van der Waals surface area contributed by atoms with Crippen molar-refractivity contribution in [2.45, 2.75) is 44.3 Å². The molecule has 3 rings (SSSR count). The van der Waals surface area contributed by atoms with Gasteiger partial charge in [-0.25, -0.2) is 0 Å². The largest absolute Gasteiger partial charge is 0.374 e. The molecule has 1 aromatic heterocycles. The summed E-state index contributed by atoms with van der Waals surface area (Å²) in [5, 5.41) is 9.59. The van der Waals surface area contributed by atoms with Gasteiger partial charge < -0.3 is 5.73 Å². The molecule has 2 aliphatic rings. The Labute approximate surface area is 87.1 Å². The standard InChI is InChI=1S/C9H14N4S/c10-9-12-11-8(14-9)5-13-6-1-2-7(13)4-3-6/h6-7H,1-5H2,(H2,10,12). The first-order valence-electron chi connectivity index (χ1n) is 5.16. The molecule has 2 bridgehead atoms. The van der Waals surface area contributed by atoms with Crippen molar-refractivity contribution in [1.82, 2.24) is 15.1 Å². The summed E-state index contributed by atoms with van der Waals surface area (Å²) < 4.78 is 0. The number of anilines is 1. The molecule has 0 atom stereocenters. The minimum Gasteiger partial charge on any atom is -0.374 e. The molecule has 0 aliphatic carbocycles. The van der Waals surface area contributed by atoms with Crippen LogP contribution in [-0.2, 0) is 6.54 Å². The van der Waals surface area contributed by atoms with Crippen LogP contribution in [0.4, 0.5) is 5.13 Å². The van der Waals surface area contributed by atoms with E-state index in [2.05, 4.69) is 15.1 Å². The molecule has 14 heavy (non-hydrogen) atoms. The maximum absolute atomic E-state index is 5.56. The van der Waals surface area contributed by atoms with Gasteiger partial charge in [-0.2, -0.15) is 0 Å². The average molecular weight is 210 g/mol.